The molecular weight excluding hydrogens is 374 g/mol. The Balaban J connectivity index is 0.00000280. The van der Waals surface area contributed by atoms with Crippen molar-refractivity contribution in [1.82, 2.24) is 10.2 Å². The second-order valence-corrected chi connectivity index (χ2v) is 7.02. The van der Waals surface area contributed by atoms with Crippen LogP contribution in [0.3, 0.4) is 0 Å². The smallest absolute Gasteiger partial charge is 0.249 e. The van der Waals surface area contributed by atoms with Crippen molar-refractivity contribution < 1.29 is 9.59 Å². The molecule has 1 saturated heterocycles. The molecule has 0 saturated carbocycles. The highest BCUT2D eigenvalue weighted by Gasteiger charge is 2.38. The number of hydrogen-bond donors (Lipinski definition) is 2. The van der Waals surface area contributed by atoms with Gasteiger partial charge in [0.15, 0.2) is 0 Å². The summed E-state index contributed by atoms with van der Waals surface area (Å²) in [6.45, 7) is 3.55. The maximum absolute atomic E-state index is 13.3. The topological polar surface area (TPSA) is 75.4 Å². The van der Waals surface area contributed by atoms with E-state index in [0.29, 0.717) is 26.1 Å². The number of nitrogens with zero attached hydrogens (tertiary/aromatic N) is 1. The Kier molecular flexibility index (Phi) is 8.03. The van der Waals surface area contributed by atoms with Gasteiger partial charge >= 0.3 is 0 Å². The number of hydrogen-bond acceptors (Lipinski definition) is 3. The van der Waals surface area contributed by atoms with Crippen LogP contribution >= 0.6 is 12.4 Å². The van der Waals surface area contributed by atoms with Gasteiger partial charge in [0.25, 0.3) is 0 Å². The molecule has 0 bridgehead atoms. The van der Waals surface area contributed by atoms with E-state index in [-0.39, 0.29) is 36.1 Å². The van der Waals surface area contributed by atoms with Gasteiger partial charge in [0.05, 0.1) is 0 Å². The zero-order valence-corrected chi connectivity index (χ0v) is 16.9. The first-order valence-corrected chi connectivity index (χ1v) is 9.52. The number of halogens is 1. The van der Waals surface area contributed by atoms with E-state index in [1.807, 2.05) is 53.4 Å². The monoisotopic (exact) mass is 401 g/mol. The van der Waals surface area contributed by atoms with Crippen LogP contribution in [-0.2, 0) is 9.59 Å². The second kappa shape index (κ2) is 10.2. The molecule has 28 heavy (non-hydrogen) atoms. The van der Waals surface area contributed by atoms with Crippen LogP contribution in [-0.4, -0.2) is 36.3 Å². The molecule has 0 radical (unpaired) electrons. The third-order valence-electron chi connectivity index (χ3n) is 5.29. The van der Waals surface area contributed by atoms with Gasteiger partial charge in [-0.15, -0.1) is 12.4 Å². The standard InChI is InChI=1S/C22H27N3O2.ClH/c1-2-20(26)24-21(17-11-7-4-8-12-17)22(27)25-14-18(13-23)19(15-25)16-9-5-3-6-10-16;/h3-12,18-19,21H,2,13-15,23H2,1H3,(H,24,26);1H/t18-,19+,21?;/m1./s1. The SMILES string of the molecule is CCC(=O)NC(C(=O)N1C[C@@H](CN)[C@H](c2ccccc2)C1)c1ccccc1.Cl. The molecule has 5 nitrogen and oxygen atoms in total. The average molecular weight is 402 g/mol. The van der Waals surface area contributed by atoms with Crippen LogP contribution in [0.4, 0.5) is 0 Å². The first kappa shape index (κ1) is 21.9. The van der Waals surface area contributed by atoms with E-state index in [0.717, 1.165) is 5.56 Å². The van der Waals surface area contributed by atoms with Gasteiger partial charge in [0, 0.05) is 25.4 Å². The van der Waals surface area contributed by atoms with E-state index in [1.54, 1.807) is 6.92 Å². The Bertz CT molecular complexity index is 770. The van der Waals surface area contributed by atoms with Crippen LogP contribution in [0.15, 0.2) is 60.7 Å². The maximum atomic E-state index is 13.3. The van der Waals surface area contributed by atoms with Crippen molar-refractivity contribution in [3.05, 3.63) is 71.8 Å². The van der Waals surface area contributed by atoms with Gasteiger partial charge in [-0.1, -0.05) is 67.6 Å². The van der Waals surface area contributed by atoms with Gasteiger partial charge in [-0.2, -0.15) is 0 Å². The van der Waals surface area contributed by atoms with E-state index in [1.165, 1.54) is 5.56 Å². The van der Waals surface area contributed by atoms with Crippen LogP contribution in [0.5, 0.6) is 0 Å². The van der Waals surface area contributed by atoms with Crippen molar-refractivity contribution in [3.63, 3.8) is 0 Å². The van der Waals surface area contributed by atoms with E-state index in [2.05, 4.69) is 17.4 Å². The van der Waals surface area contributed by atoms with Crippen molar-refractivity contribution in [2.75, 3.05) is 19.6 Å². The molecule has 2 aromatic carbocycles. The predicted molar refractivity (Wildman–Crippen MR) is 113 cm³/mol. The van der Waals surface area contributed by atoms with Gasteiger partial charge in [-0.05, 0) is 23.6 Å². The van der Waals surface area contributed by atoms with Crippen LogP contribution in [0.1, 0.15) is 36.4 Å². The van der Waals surface area contributed by atoms with Gasteiger partial charge in [-0.25, -0.2) is 0 Å². The number of amides is 2. The summed E-state index contributed by atoms with van der Waals surface area (Å²) in [6.07, 6.45) is 0.342. The normalized spacial score (nSPS) is 19.6. The third kappa shape index (κ3) is 4.91. The largest absolute Gasteiger partial charge is 0.341 e. The lowest BCUT2D eigenvalue weighted by atomic mass is 9.89. The van der Waals surface area contributed by atoms with Gasteiger partial charge in [0.1, 0.15) is 6.04 Å². The fourth-order valence-electron chi connectivity index (χ4n) is 3.75. The molecule has 1 fully saturated rings. The molecule has 2 amide bonds. The number of carbonyl (C=O) groups is 2. The molecular formula is C22H28ClN3O2. The third-order valence-corrected chi connectivity index (χ3v) is 5.29. The fraction of sp³-hybridized carbons (Fsp3) is 0.364. The first-order chi connectivity index (χ1) is 13.1. The van der Waals surface area contributed by atoms with E-state index in [9.17, 15) is 9.59 Å². The zero-order valence-electron chi connectivity index (χ0n) is 16.1. The first-order valence-electron chi connectivity index (χ1n) is 9.52. The molecule has 1 heterocycles. The lowest BCUT2D eigenvalue weighted by molar-refractivity contribution is -0.135. The van der Waals surface area contributed by atoms with Gasteiger partial charge in [0.2, 0.25) is 11.8 Å². The average Bonchev–Trinajstić information content (AvgIpc) is 3.17. The minimum absolute atomic E-state index is 0. The summed E-state index contributed by atoms with van der Waals surface area (Å²) >= 11 is 0. The summed E-state index contributed by atoms with van der Waals surface area (Å²) in [5.74, 6) is 0.236. The van der Waals surface area contributed by atoms with Crippen molar-refractivity contribution in [2.45, 2.75) is 25.3 Å². The van der Waals surface area contributed by atoms with Crippen molar-refractivity contribution >= 4 is 24.2 Å². The van der Waals surface area contributed by atoms with Gasteiger partial charge < -0.3 is 16.0 Å². The number of nitrogens with two attached hydrogens (primary N) is 1. The van der Waals surface area contributed by atoms with Crippen molar-refractivity contribution in [1.29, 1.82) is 0 Å². The minimum atomic E-state index is -0.661. The van der Waals surface area contributed by atoms with Crippen LogP contribution in [0.25, 0.3) is 0 Å². The summed E-state index contributed by atoms with van der Waals surface area (Å²) in [6, 6.07) is 19.0. The Labute approximate surface area is 172 Å². The summed E-state index contributed by atoms with van der Waals surface area (Å²) in [5.41, 5.74) is 8.01. The summed E-state index contributed by atoms with van der Waals surface area (Å²) < 4.78 is 0. The van der Waals surface area contributed by atoms with E-state index in [4.69, 9.17) is 5.73 Å². The molecule has 0 aromatic heterocycles. The lowest BCUT2D eigenvalue weighted by Gasteiger charge is -2.25. The Morgan fingerprint density at radius 3 is 2.25 bits per heavy atom. The Morgan fingerprint density at radius 2 is 1.68 bits per heavy atom. The zero-order chi connectivity index (χ0) is 19.2. The summed E-state index contributed by atoms with van der Waals surface area (Å²) in [7, 11) is 0. The van der Waals surface area contributed by atoms with Crippen LogP contribution < -0.4 is 11.1 Å². The molecule has 3 N–H and O–H groups in total. The molecule has 1 aliphatic rings. The lowest BCUT2D eigenvalue weighted by Crippen LogP contribution is -2.42. The molecule has 0 spiro atoms. The molecule has 6 heteroatoms. The number of nitrogens with one attached hydrogen (secondary N) is 1. The highest BCUT2D eigenvalue weighted by Crippen LogP contribution is 2.33. The molecule has 1 unspecified atom stereocenters. The van der Waals surface area contributed by atoms with Gasteiger partial charge in [-0.3, -0.25) is 9.59 Å². The molecule has 0 aliphatic carbocycles. The number of benzene rings is 2. The Hall–Kier alpha value is -2.37. The predicted octanol–water partition coefficient (Wildman–Crippen LogP) is 2.88. The van der Waals surface area contributed by atoms with Crippen molar-refractivity contribution in [2.24, 2.45) is 11.7 Å². The molecule has 2 aromatic rings. The van der Waals surface area contributed by atoms with E-state index < -0.39 is 6.04 Å². The number of carbonyl (C=O) groups excluding carboxylic acids is 2. The van der Waals surface area contributed by atoms with Crippen molar-refractivity contribution in [3.8, 4) is 0 Å². The van der Waals surface area contributed by atoms with Crippen LogP contribution in [0, 0.1) is 5.92 Å². The van der Waals surface area contributed by atoms with E-state index >= 15 is 0 Å². The highest BCUT2D eigenvalue weighted by atomic mass is 35.5. The molecule has 1 aliphatic heterocycles. The summed E-state index contributed by atoms with van der Waals surface area (Å²) in [4.78, 5) is 27.2. The quantitative estimate of drug-likeness (QED) is 0.781. The number of rotatable bonds is 6. The van der Waals surface area contributed by atoms with Crippen LogP contribution in [0.2, 0.25) is 0 Å². The fourth-order valence-corrected chi connectivity index (χ4v) is 3.75. The highest BCUT2D eigenvalue weighted by molar-refractivity contribution is 5.89. The minimum Gasteiger partial charge on any atom is -0.341 e. The molecule has 3 atom stereocenters. The number of likely N-dealkylation sites (tertiary alicyclic amines) is 1. The summed E-state index contributed by atoms with van der Waals surface area (Å²) in [5, 5.41) is 2.89. The molecule has 3 rings (SSSR count). The maximum Gasteiger partial charge on any atom is 0.249 e. The Morgan fingerprint density at radius 1 is 1.07 bits per heavy atom. The second-order valence-electron chi connectivity index (χ2n) is 7.02. The molecule has 150 valence electrons.